The number of ether oxygens (including phenoxy) is 1. The van der Waals surface area contributed by atoms with E-state index in [0.717, 1.165) is 25.7 Å². The smallest absolute Gasteiger partial charge is 0.0468 e. The average molecular weight is 261 g/mol. The van der Waals surface area contributed by atoms with Gasteiger partial charge in [0.1, 0.15) is 0 Å². The molecule has 2 nitrogen and oxygen atoms in total. The van der Waals surface area contributed by atoms with Crippen LogP contribution in [0, 0.1) is 5.92 Å². The Morgan fingerprint density at radius 2 is 1.68 bits per heavy atom. The van der Waals surface area contributed by atoms with Crippen molar-refractivity contribution in [2.45, 2.75) is 38.5 Å². The third kappa shape index (κ3) is 3.80. The van der Waals surface area contributed by atoms with Gasteiger partial charge < -0.3 is 10.1 Å². The summed E-state index contributed by atoms with van der Waals surface area (Å²) in [6.45, 7) is 7.41. The van der Waals surface area contributed by atoms with E-state index in [0.29, 0.717) is 11.8 Å². The Bertz CT molecular complexity index is 365. The molecule has 1 saturated heterocycles. The summed E-state index contributed by atoms with van der Waals surface area (Å²) in [6, 6.07) is 9.24. The molecule has 1 unspecified atom stereocenters. The van der Waals surface area contributed by atoms with E-state index < -0.39 is 0 Å². The molecule has 106 valence electrons. The van der Waals surface area contributed by atoms with Crippen LogP contribution < -0.4 is 5.32 Å². The zero-order chi connectivity index (χ0) is 13.7. The number of rotatable bonds is 5. The number of hydrogen-bond donors (Lipinski definition) is 1. The Kier molecular flexibility index (Phi) is 5.41. The normalized spacial score (nSPS) is 18.7. The highest BCUT2D eigenvalue weighted by molar-refractivity contribution is 5.28. The number of nitrogens with one attached hydrogen (secondary N) is 1. The molecule has 0 aromatic heterocycles. The quantitative estimate of drug-likeness (QED) is 0.875. The van der Waals surface area contributed by atoms with E-state index in [4.69, 9.17) is 4.74 Å². The minimum absolute atomic E-state index is 0.611. The summed E-state index contributed by atoms with van der Waals surface area (Å²) in [5.41, 5.74) is 2.91. The van der Waals surface area contributed by atoms with Crippen molar-refractivity contribution in [3.63, 3.8) is 0 Å². The van der Waals surface area contributed by atoms with Crippen molar-refractivity contribution in [1.29, 1.82) is 0 Å². The second-order valence-corrected chi connectivity index (χ2v) is 5.94. The first-order valence-electron chi connectivity index (χ1n) is 7.54. The van der Waals surface area contributed by atoms with Gasteiger partial charge in [-0.05, 0) is 48.8 Å². The maximum Gasteiger partial charge on any atom is 0.0468 e. The third-order valence-electron chi connectivity index (χ3n) is 4.29. The van der Waals surface area contributed by atoms with E-state index in [9.17, 15) is 0 Å². The van der Waals surface area contributed by atoms with E-state index in [-0.39, 0.29) is 0 Å². The van der Waals surface area contributed by atoms with Crippen molar-refractivity contribution in [2.75, 3.05) is 26.8 Å². The first-order valence-corrected chi connectivity index (χ1v) is 7.54. The molecule has 1 heterocycles. The second-order valence-electron chi connectivity index (χ2n) is 5.94. The van der Waals surface area contributed by atoms with Crippen LogP contribution in [0.5, 0.6) is 0 Å². The lowest BCUT2D eigenvalue weighted by molar-refractivity contribution is 0.0579. The van der Waals surface area contributed by atoms with Crippen LogP contribution in [-0.4, -0.2) is 26.8 Å². The van der Waals surface area contributed by atoms with Crippen LogP contribution >= 0.6 is 0 Å². The van der Waals surface area contributed by atoms with Gasteiger partial charge in [0.25, 0.3) is 0 Å². The van der Waals surface area contributed by atoms with Crippen LogP contribution in [0.3, 0.4) is 0 Å². The molecule has 1 aromatic rings. The van der Waals surface area contributed by atoms with Crippen molar-refractivity contribution in [1.82, 2.24) is 5.32 Å². The minimum atomic E-state index is 0.611. The molecule has 0 amide bonds. The number of benzene rings is 1. The summed E-state index contributed by atoms with van der Waals surface area (Å²) in [5, 5.41) is 3.36. The molecule has 0 spiro atoms. The largest absolute Gasteiger partial charge is 0.381 e. The van der Waals surface area contributed by atoms with Crippen LogP contribution in [0.4, 0.5) is 0 Å². The lowest BCUT2D eigenvalue weighted by Gasteiger charge is -2.30. The van der Waals surface area contributed by atoms with Crippen molar-refractivity contribution < 1.29 is 4.74 Å². The van der Waals surface area contributed by atoms with Crippen LogP contribution in [-0.2, 0) is 4.74 Å². The van der Waals surface area contributed by atoms with Crippen molar-refractivity contribution in [3.8, 4) is 0 Å². The van der Waals surface area contributed by atoms with Gasteiger partial charge in [0.05, 0.1) is 0 Å². The molecule has 1 N–H and O–H groups in total. The molecule has 1 fully saturated rings. The van der Waals surface area contributed by atoms with E-state index in [1.807, 2.05) is 0 Å². The van der Waals surface area contributed by atoms with E-state index in [1.54, 1.807) is 0 Å². The highest BCUT2D eigenvalue weighted by atomic mass is 16.5. The van der Waals surface area contributed by atoms with Gasteiger partial charge in [-0.25, -0.2) is 0 Å². The van der Waals surface area contributed by atoms with E-state index in [2.05, 4.69) is 50.5 Å². The number of hydrogen-bond acceptors (Lipinski definition) is 2. The first kappa shape index (κ1) is 14.5. The molecule has 2 heteroatoms. The molecule has 19 heavy (non-hydrogen) atoms. The van der Waals surface area contributed by atoms with Crippen molar-refractivity contribution in [3.05, 3.63) is 35.4 Å². The molecule has 2 rings (SSSR count). The highest BCUT2D eigenvalue weighted by Crippen LogP contribution is 2.32. The predicted molar refractivity (Wildman–Crippen MR) is 80.7 cm³/mol. The zero-order valence-corrected chi connectivity index (χ0v) is 12.5. The molecular weight excluding hydrogens is 234 g/mol. The fourth-order valence-electron chi connectivity index (χ4n) is 3.02. The van der Waals surface area contributed by atoms with Crippen LogP contribution in [0.15, 0.2) is 24.3 Å². The van der Waals surface area contributed by atoms with Gasteiger partial charge in [-0.3, -0.25) is 0 Å². The maximum atomic E-state index is 5.49. The number of likely N-dealkylation sites (N-methyl/N-ethyl adjacent to an activating group) is 1. The van der Waals surface area contributed by atoms with Gasteiger partial charge in [-0.2, -0.15) is 0 Å². The zero-order valence-electron chi connectivity index (χ0n) is 12.5. The van der Waals surface area contributed by atoms with Crippen LogP contribution in [0.1, 0.15) is 49.7 Å². The standard InChI is InChI=1S/C17H27NO/c1-13(2)14-4-6-15(7-5-14)17(12-18-3)16-8-10-19-11-9-16/h4-7,13,16-18H,8-12H2,1-3H3. The Morgan fingerprint density at radius 3 is 2.21 bits per heavy atom. The summed E-state index contributed by atoms with van der Waals surface area (Å²) < 4.78 is 5.49. The third-order valence-corrected chi connectivity index (χ3v) is 4.29. The van der Waals surface area contributed by atoms with Crippen LogP contribution in [0.25, 0.3) is 0 Å². The second kappa shape index (κ2) is 7.06. The molecule has 0 radical (unpaired) electrons. The molecule has 0 aliphatic carbocycles. The Labute approximate surface area is 117 Å². The fraction of sp³-hybridized carbons (Fsp3) is 0.647. The average Bonchev–Trinajstić information content (AvgIpc) is 2.46. The van der Waals surface area contributed by atoms with Crippen LogP contribution in [0.2, 0.25) is 0 Å². The molecule has 1 aromatic carbocycles. The molecule has 1 aliphatic heterocycles. The lowest BCUT2D eigenvalue weighted by Crippen LogP contribution is -2.28. The van der Waals surface area contributed by atoms with Crippen molar-refractivity contribution >= 4 is 0 Å². The monoisotopic (exact) mass is 261 g/mol. The van der Waals surface area contributed by atoms with Crippen molar-refractivity contribution in [2.24, 2.45) is 5.92 Å². The predicted octanol–water partition coefficient (Wildman–Crippen LogP) is 3.54. The van der Waals surface area contributed by atoms with Gasteiger partial charge in [-0.1, -0.05) is 38.1 Å². The van der Waals surface area contributed by atoms with Gasteiger partial charge >= 0.3 is 0 Å². The maximum absolute atomic E-state index is 5.49. The molecule has 0 bridgehead atoms. The Balaban J connectivity index is 2.13. The van der Waals surface area contributed by atoms with Gasteiger partial charge in [0.15, 0.2) is 0 Å². The minimum Gasteiger partial charge on any atom is -0.381 e. The van der Waals surface area contributed by atoms with Gasteiger partial charge in [0, 0.05) is 19.8 Å². The Morgan fingerprint density at radius 1 is 1.11 bits per heavy atom. The van der Waals surface area contributed by atoms with Gasteiger partial charge in [-0.15, -0.1) is 0 Å². The summed E-state index contributed by atoms with van der Waals surface area (Å²) in [5.74, 6) is 1.99. The molecule has 0 saturated carbocycles. The SMILES string of the molecule is CNCC(c1ccc(C(C)C)cc1)C1CCOCC1. The first-order chi connectivity index (χ1) is 9.22. The van der Waals surface area contributed by atoms with E-state index >= 15 is 0 Å². The highest BCUT2D eigenvalue weighted by Gasteiger charge is 2.24. The Hall–Kier alpha value is -0.860. The van der Waals surface area contributed by atoms with Gasteiger partial charge in [0.2, 0.25) is 0 Å². The van der Waals surface area contributed by atoms with E-state index in [1.165, 1.54) is 24.0 Å². The summed E-state index contributed by atoms with van der Waals surface area (Å²) >= 11 is 0. The lowest BCUT2D eigenvalue weighted by atomic mass is 9.81. The molecule has 1 aliphatic rings. The summed E-state index contributed by atoms with van der Waals surface area (Å²) in [4.78, 5) is 0. The summed E-state index contributed by atoms with van der Waals surface area (Å²) in [7, 11) is 2.05. The molecular formula is C17H27NO. The molecule has 1 atom stereocenters. The topological polar surface area (TPSA) is 21.3 Å². The summed E-state index contributed by atoms with van der Waals surface area (Å²) in [6.07, 6.45) is 2.39. The fourth-order valence-corrected chi connectivity index (χ4v) is 3.02.